The van der Waals surface area contributed by atoms with Crippen molar-refractivity contribution in [3.8, 4) is 0 Å². The molecule has 0 saturated carbocycles. The Hall–Kier alpha value is -0.900. The zero-order valence-electron chi connectivity index (χ0n) is 9.42. The molecule has 0 unspecified atom stereocenters. The molecule has 0 aromatic carbocycles. The number of hydrogen-bond donors (Lipinski definition) is 1. The molecule has 4 nitrogen and oxygen atoms in total. The summed E-state index contributed by atoms with van der Waals surface area (Å²) < 4.78 is 4.90. The van der Waals surface area contributed by atoms with Crippen molar-refractivity contribution in [2.45, 2.75) is 52.6 Å². The quantitative estimate of drug-likeness (QED) is 0.784. The van der Waals surface area contributed by atoms with Gasteiger partial charge < -0.3 is 9.84 Å². The predicted octanol–water partition coefficient (Wildman–Crippen LogP) is 2.05. The molecule has 0 aliphatic carbocycles. The lowest BCUT2D eigenvalue weighted by Gasteiger charge is -2.27. The Balaban J connectivity index is 2.47. The SMILES string of the molecule is CCC(C)(CC)NCc1noc(C)n1. The molecule has 1 heterocycles. The second-order valence-electron chi connectivity index (χ2n) is 3.85. The molecule has 0 aliphatic rings. The van der Waals surface area contributed by atoms with Gasteiger partial charge in [0.05, 0.1) is 6.54 Å². The molecule has 80 valence electrons. The first kappa shape index (κ1) is 11.2. The normalized spacial score (nSPS) is 12.0. The van der Waals surface area contributed by atoms with Gasteiger partial charge in [-0.05, 0) is 19.8 Å². The third kappa shape index (κ3) is 2.80. The molecule has 0 radical (unpaired) electrons. The standard InChI is InChI=1S/C10H19N3O/c1-5-10(4,6-2)11-7-9-12-8(3)14-13-9/h11H,5-7H2,1-4H3. The van der Waals surface area contributed by atoms with E-state index in [4.69, 9.17) is 4.52 Å². The van der Waals surface area contributed by atoms with Crippen molar-refractivity contribution >= 4 is 0 Å². The Morgan fingerprint density at radius 3 is 2.43 bits per heavy atom. The lowest BCUT2D eigenvalue weighted by atomic mass is 9.96. The molecule has 0 spiro atoms. The van der Waals surface area contributed by atoms with Gasteiger partial charge in [0, 0.05) is 12.5 Å². The van der Waals surface area contributed by atoms with Crippen LogP contribution < -0.4 is 5.32 Å². The largest absolute Gasteiger partial charge is 0.340 e. The van der Waals surface area contributed by atoms with E-state index in [1.807, 2.05) is 0 Å². The number of rotatable bonds is 5. The molecule has 1 N–H and O–H groups in total. The highest BCUT2D eigenvalue weighted by Crippen LogP contribution is 2.13. The van der Waals surface area contributed by atoms with E-state index >= 15 is 0 Å². The monoisotopic (exact) mass is 197 g/mol. The maximum Gasteiger partial charge on any atom is 0.223 e. The number of nitrogens with one attached hydrogen (secondary N) is 1. The van der Waals surface area contributed by atoms with E-state index < -0.39 is 0 Å². The van der Waals surface area contributed by atoms with Crippen LogP contribution in [-0.2, 0) is 6.54 Å². The van der Waals surface area contributed by atoms with E-state index in [9.17, 15) is 0 Å². The minimum atomic E-state index is 0.175. The van der Waals surface area contributed by atoms with E-state index in [1.165, 1.54) is 0 Å². The molecule has 1 aromatic heterocycles. The van der Waals surface area contributed by atoms with Gasteiger partial charge in [-0.2, -0.15) is 4.98 Å². The fraction of sp³-hybridized carbons (Fsp3) is 0.800. The topological polar surface area (TPSA) is 51.0 Å². The van der Waals surface area contributed by atoms with Gasteiger partial charge in [-0.25, -0.2) is 0 Å². The van der Waals surface area contributed by atoms with Gasteiger partial charge in [0.1, 0.15) is 0 Å². The lowest BCUT2D eigenvalue weighted by molar-refractivity contribution is 0.320. The fourth-order valence-corrected chi connectivity index (χ4v) is 1.21. The highest BCUT2D eigenvalue weighted by Gasteiger charge is 2.19. The van der Waals surface area contributed by atoms with Gasteiger partial charge in [-0.3, -0.25) is 0 Å². The van der Waals surface area contributed by atoms with Crippen LogP contribution in [0.3, 0.4) is 0 Å². The number of aryl methyl sites for hydroxylation is 1. The van der Waals surface area contributed by atoms with Crippen LogP contribution >= 0.6 is 0 Å². The summed E-state index contributed by atoms with van der Waals surface area (Å²) in [6, 6.07) is 0. The Bertz CT molecular complexity index is 279. The Morgan fingerprint density at radius 1 is 1.36 bits per heavy atom. The van der Waals surface area contributed by atoms with Gasteiger partial charge in [0.25, 0.3) is 0 Å². The van der Waals surface area contributed by atoms with Crippen LogP contribution in [-0.4, -0.2) is 15.7 Å². The molecule has 1 rings (SSSR count). The van der Waals surface area contributed by atoms with Gasteiger partial charge in [-0.15, -0.1) is 0 Å². The molecule has 0 saturated heterocycles. The van der Waals surface area contributed by atoms with Gasteiger partial charge in [0.2, 0.25) is 5.89 Å². The summed E-state index contributed by atoms with van der Waals surface area (Å²) in [6.07, 6.45) is 2.20. The van der Waals surface area contributed by atoms with Crippen LogP contribution in [0.2, 0.25) is 0 Å². The summed E-state index contributed by atoms with van der Waals surface area (Å²) in [4.78, 5) is 4.14. The molecule has 4 heteroatoms. The van der Waals surface area contributed by atoms with Crippen LogP contribution in [0.4, 0.5) is 0 Å². The van der Waals surface area contributed by atoms with Crippen LogP contribution in [0, 0.1) is 6.92 Å². The summed E-state index contributed by atoms with van der Waals surface area (Å²) in [5.41, 5.74) is 0.175. The van der Waals surface area contributed by atoms with Crippen LogP contribution in [0.1, 0.15) is 45.3 Å². The molecule has 14 heavy (non-hydrogen) atoms. The highest BCUT2D eigenvalue weighted by molar-refractivity contribution is 4.87. The number of nitrogens with zero attached hydrogens (tertiary/aromatic N) is 2. The van der Waals surface area contributed by atoms with Crippen molar-refractivity contribution in [1.82, 2.24) is 15.5 Å². The fourth-order valence-electron chi connectivity index (χ4n) is 1.21. The summed E-state index contributed by atoms with van der Waals surface area (Å²) in [5.74, 6) is 1.35. The van der Waals surface area contributed by atoms with E-state index in [2.05, 4.69) is 36.2 Å². The highest BCUT2D eigenvalue weighted by atomic mass is 16.5. The Labute approximate surface area is 85.1 Å². The van der Waals surface area contributed by atoms with Gasteiger partial charge >= 0.3 is 0 Å². The number of aromatic nitrogens is 2. The summed E-state index contributed by atoms with van der Waals surface area (Å²) in [7, 11) is 0. The van der Waals surface area contributed by atoms with Crippen molar-refractivity contribution < 1.29 is 4.52 Å². The zero-order chi connectivity index (χ0) is 10.6. The van der Waals surface area contributed by atoms with Crippen molar-refractivity contribution in [1.29, 1.82) is 0 Å². The lowest BCUT2D eigenvalue weighted by Crippen LogP contribution is -2.40. The second-order valence-corrected chi connectivity index (χ2v) is 3.85. The first-order valence-electron chi connectivity index (χ1n) is 5.14. The van der Waals surface area contributed by atoms with Crippen LogP contribution in [0.15, 0.2) is 4.52 Å². The maximum absolute atomic E-state index is 4.90. The minimum absolute atomic E-state index is 0.175. The average Bonchev–Trinajstić information content (AvgIpc) is 2.61. The van der Waals surface area contributed by atoms with Crippen LogP contribution in [0.5, 0.6) is 0 Å². The maximum atomic E-state index is 4.90. The summed E-state index contributed by atoms with van der Waals surface area (Å²) in [5, 5.41) is 7.28. The smallest absolute Gasteiger partial charge is 0.223 e. The molecule has 1 aromatic rings. The predicted molar refractivity (Wildman–Crippen MR) is 54.9 cm³/mol. The van der Waals surface area contributed by atoms with Crippen molar-refractivity contribution in [3.63, 3.8) is 0 Å². The molecule has 0 aliphatic heterocycles. The van der Waals surface area contributed by atoms with Crippen molar-refractivity contribution in [2.24, 2.45) is 0 Å². The number of hydrogen-bond acceptors (Lipinski definition) is 4. The Morgan fingerprint density at radius 2 is 2.00 bits per heavy atom. The molecule has 0 bridgehead atoms. The molecule has 0 fully saturated rings. The van der Waals surface area contributed by atoms with E-state index in [-0.39, 0.29) is 5.54 Å². The summed E-state index contributed by atoms with van der Waals surface area (Å²) in [6.45, 7) is 9.04. The van der Waals surface area contributed by atoms with E-state index in [0.717, 1.165) is 18.7 Å². The third-order valence-corrected chi connectivity index (χ3v) is 2.80. The Kier molecular flexibility index (Phi) is 3.63. The zero-order valence-corrected chi connectivity index (χ0v) is 9.42. The molecular weight excluding hydrogens is 178 g/mol. The molecule has 0 amide bonds. The minimum Gasteiger partial charge on any atom is -0.340 e. The third-order valence-electron chi connectivity index (χ3n) is 2.80. The van der Waals surface area contributed by atoms with Gasteiger partial charge in [-0.1, -0.05) is 19.0 Å². The van der Waals surface area contributed by atoms with E-state index in [1.54, 1.807) is 6.92 Å². The van der Waals surface area contributed by atoms with Crippen molar-refractivity contribution in [2.75, 3.05) is 0 Å². The first-order chi connectivity index (χ1) is 6.59. The van der Waals surface area contributed by atoms with Crippen molar-refractivity contribution in [3.05, 3.63) is 11.7 Å². The molecular formula is C10H19N3O. The molecule has 0 atom stereocenters. The van der Waals surface area contributed by atoms with Crippen LogP contribution in [0.25, 0.3) is 0 Å². The summed E-state index contributed by atoms with van der Waals surface area (Å²) >= 11 is 0. The van der Waals surface area contributed by atoms with E-state index in [0.29, 0.717) is 12.4 Å². The second kappa shape index (κ2) is 4.55. The van der Waals surface area contributed by atoms with Gasteiger partial charge in [0.15, 0.2) is 5.82 Å². The average molecular weight is 197 g/mol. The first-order valence-corrected chi connectivity index (χ1v) is 5.14.